The van der Waals surface area contributed by atoms with Crippen LogP contribution in [0.5, 0.6) is 0 Å². The van der Waals surface area contributed by atoms with Crippen LogP contribution in [-0.2, 0) is 9.53 Å². The van der Waals surface area contributed by atoms with Gasteiger partial charge in [0, 0.05) is 0 Å². The molecular weight excluding hydrogens is 284 g/mol. The minimum atomic E-state index is -0.945. The van der Waals surface area contributed by atoms with Gasteiger partial charge in [0.05, 0.1) is 10.6 Å². The molecule has 2 aromatic heterocycles. The molecule has 0 bridgehead atoms. The van der Waals surface area contributed by atoms with Gasteiger partial charge in [-0.25, -0.2) is 9.78 Å². The first-order chi connectivity index (χ1) is 8.99. The average Bonchev–Trinajstić information content (AvgIpc) is 2.96. The molecule has 0 aromatic carbocycles. The summed E-state index contributed by atoms with van der Waals surface area (Å²) in [5, 5.41) is 2.71. The Morgan fingerprint density at radius 1 is 1.47 bits per heavy atom. The van der Waals surface area contributed by atoms with Gasteiger partial charge in [0.2, 0.25) is 0 Å². The summed E-state index contributed by atoms with van der Waals surface area (Å²) in [5.41, 5.74) is 5.65. The number of aromatic nitrogens is 1. The van der Waals surface area contributed by atoms with Gasteiger partial charge in [-0.3, -0.25) is 4.79 Å². The summed E-state index contributed by atoms with van der Waals surface area (Å²) in [4.78, 5) is 28.5. The van der Waals surface area contributed by atoms with E-state index in [1.54, 1.807) is 18.3 Å². The van der Waals surface area contributed by atoms with Crippen molar-refractivity contribution in [3.05, 3.63) is 28.1 Å². The number of nitrogens with two attached hydrogens (primary N) is 1. The summed E-state index contributed by atoms with van der Waals surface area (Å²) >= 11 is 2.80. The van der Waals surface area contributed by atoms with E-state index in [4.69, 9.17) is 10.5 Å². The number of thiophene rings is 1. The maximum Gasteiger partial charge on any atom is 0.351 e. The van der Waals surface area contributed by atoms with Crippen molar-refractivity contribution in [2.45, 2.75) is 20.0 Å². The fourth-order valence-electron chi connectivity index (χ4n) is 1.36. The van der Waals surface area contributed by atoms with E-state index in [9.17, 15) is 9.59 Å². The third-order valence-electron chi connectivity index (χ3n) is 2.40. The molecule has 19 heavy (non-hydrogen) atoms. The molecule has 0 fully saturated rings. The van der Waals surface area contributed by atoms with Gasteiger partial charge in [0.25, 0.3) is 5.91 Å². The van der Waals surface area contributed by atoms with Crippen molar-refractivity contribution >= 4 is 34.6 Å². The second-order valence-electron chi connectivity index (χ2n) is 3.86. The van der Waals surface area contributed by atoms with Crippen LogP contribution in [0.2, 0.25) is 0 Å². The number of primary amides is 1. The summed E-state index contributed by atoms with van der Waals surface area (Å²) in [6.07, 6.45) is -0.945. The molecule has 1 atom stereocenters. The van der Waals surface area contributed by atoms with Crippen LogP contribution in [0.1, 0.15) is 22.3 Å². The number of carbonyl (C=O) groups excluding carboxylic acids is 2. The molecule has 1 amide bonds. The van der Waals surface area contributed by atoms with Gasteiger partial charge in [0.1, 0.15) is 9.88 Å². The number of ether oxygens (including phenoxy) is 1. The lowest BCUT2D eigenvalue weighted by atomic mass is 10.3. The van der Waals surface area contributed by atoms with Gasteiger partial charge in [-0.2, -0.15) is 0 Å². The van der Waals surface area contributed by atoms with Gasteiger partial charge in [-0.15, -0.1) is 22.7 Å². The van der Waals surface area contributed by atoms with Crippen molar-refractivity contribution in [1.82, 2.24) is 4.98 Å². The third-order valence-corrected chi connectivity index (χ3v) is 4.57. The molecule has 0 saturated heterocycles. The number of hydrogen-bond acceptors (Lipinski definition) is 6. The lowest BCUT2D eigenvalue weighted by molar-refractivity contribution is -0.125. The average molecular weight is 296 g/mol. The molecule has 0 aliphatic rings. The minimum absolute atomic E-state index is 0.400. The van der Waals surface area contributed by atoms with Gasteiger partial charge >= 0.3 is 5.97 Å². The number of amides is 1. The van der Waals surface area contributed by atoms with Crippen LogP contribution < -0.4 is 5.73 Å². The Kier molecular flexibility index (Phi) is 3.96. The molecule has 2 heterocycles. The monoisotopic (exact) mass is 296 g/mol. The Bertz CT molecular complexity index is 605. The fraction of sp³-hybridized carbons (Fsp3) is 0.250. The Hall–Kier alpha value is -1.73. The van der Waals surface area contributed by atoms with Crippen molar-refractivity contribution in [3.63, 3.8) is 0 Å². The topological polar surface area (TPSA) is 82.3 Å². The summed E-state index contributed by atoms with van der Waals surface area (Å²) in [7, 11) is 0. The largest absolute Gasteiger partial charge is 0.448 e. The Labute approximate surface area is 118 Å². The van der Waals surface area contributed by atoms with Gasteiger partial charge in [-0.05, 0) is 25.3 Å². The van der Waals surface area contributed by atoms with Crippen LogP contribution in [0.4, 0.5) is 0 Å². The zero-order valence-corrected chi connectivity index (χ0v) is 12.0. The number of thiazole rings is 1. The second-order valence-corrected chi connectivity index (χ2v) is 5.81. The van der Waals surface area contributed by atoms with Crippen molar-refractivity contribution < 1.29 is 14.3 Å². The first-order valence-electron chi connectivity index (χ1n) is 5.50. The molecule has 7 heteroatoms. The third kappa shape index (κ3) is 2.99. The van der Waals surface area contributed by atoms with E-state index in [2.05, 4.69) is 4.98 Å². The molecule has 0 radical (unpaired) electrons. The molecule has 2 N–H and O–H groups in total. The van der Waals surface area contributed by atoms with Gasteiger partial charge in [0.15, 0.2) is 6.10 Å². The predicted molar refractivity (Wildman–Crippen MR) is 74.2 cm³/mol. The molecule has 5 nitrogen and oxygen atoms in total. The van der Waals surface area contributed by atoms with E-state index in [0.717, 1.165) is 9.88 Å². The smallest absolute Gasteiger partial charge is 0.351 e. The predicted octanol–water partition coefficient (Wildman–Crippen LogP) is 2.21. The van der Waals surface area contributed by atoms with Crippen LogP contribution in [0, 0.1) is 6.92 Å². The number of aryl methyl sites for hydroxylation is 1. The van der Waals surface area contributed by atoms with Crippen LogP contribution >= 0.6 is 22.7 Å². The number of rotatable bonds is 4. The zero-order valence-electron chi connectivity index (χ0n) is 10.4. The van der Waals surface area contributed by atoms with Crippen molar-refractivity contribution in [1.29, 1.82) is 0 Å². The summed E-state index contributed by atoms with van der Waals surface area (Å²) in [6.45, 7) is 3.18. The lowest BCUT2D eigenvalue weighted by Crippen LogP contribution is -2.30. The van der Waals surface area contributed by atoms with E-state index < -0.39 is 18.0 Å². The summed E-state index contributed by atoms with van der Waals surface area (Å²) < 4.78 is 4.97. The van der Waals surface area contributed by atoms with Gasteiger partial charge < -0.3 is 10.5 Å². The van der Waals surface area contributed by atoms with E-state index in [1.165, 1.54) is 18.3 Å². The molecular formula is C12H12N2O3S2. The second kappa shape index (κ2) is 5.50. The maximum absolute atomic E-state index is 11.9. The quantitative estimate of drug-likeness (QED) is 0.877. The molecule has 0 spiro atoms. The minimum Gasteiger partial charge on any atom is -0.448 e. The molecule has 100 valence electrons. The highest BCUT2D eigenvalue weighted by Crippen LogP contribution is 2.31. The molecule has 0 saturated carbocycles. The van der Waals surface area contributed by atoms with E-state index in [1.807, 2.05) is 17.5 Å². The van der Waals surface area contributed by atoms with Crippen LogP contribution in [0.15, 0.2) is 17.5 Å². The van der Waals surface area contributed by atoms with Crippen molar-refractivity contribution in [3.8, 4) is 9.88 Å². The number of nitrogens with zero attached hydrogens (tertiary/aromatic N) is 1. The van der Waals surface area contributed by atoms with Crippen LogP contribution in [-0.4, -0.2) is 23.0 Å². The van der Waals surface area contributed by atoms with Crippen molar-refractivity contribution in [2.75, 3.05) is 0 Å². The van der Waals surface area contributed by atoms with E-state index >= 15 is 0 Å². The fourth-order valence-corrected chi connectivity index (χ4v) is 3.11. The van der Waals surface area contributed by atoms with Gasteiger partial charge in [-0.1, -0.05) is 6.07 Å². The normalized spacial score (nSPS) is 12.1. The van der Waals surface area contributed by atoms with E-state index in [-0.39, 0.29) is 0 Å². The van der Waals surface area contributed by atoms with Crippen LogP contribution in [0.3, 0.4) is 0 Å². The molecule has 0 aliphatic carbocycles. The number of esters is 1. The number of hydrogen-bond donors (Lipinski definition) is 1. The highest BCUT2D eigenvalue weighted by molar-refractivity contribution is 7.22. The highest BCUT2D eigenvalue weighted by Gasteiger charge is 2.21. The first kappa shape index (κ1) is 13.7. The van der Waals surface area contributed by atoms with Crippen molar-refractivity contribution in [2.24, 2.45) is 5.73 Å². The molecule has 0 aliphatic heterocycles. The standard InChI is InChI=1S/C12H12N2O3S2/c1-6-9(12(16)17-7(2)10(13)15)19-11(14-6)8-4-3-5-18-8/h3-5,7H,1-2H3,(H2,13,15)/t7-/m0/s1. The SMILES string of the molecule is Cc1nc(-c2cccs2)sc1C(=O)O[C@@H](C)C(N)=O. The molecule has 2 aromatic rings. The first-order valence-corrected chi connectivity index (χ1v) is 7.20. The summed E-state index contributed by atoms with van der Waals surface area (Å²) in [5.74, 6) is -1.24. The van der Waals surface area contributed by atoms with E-state index in [0.29, 0.717) is 10.6 Å². The zero-order chi connectivity index (χ0) is 14.0. The lowest BCUT2D eigenvalue weighted by Gasteiger charge is -2.08. The molecule has 0 unspecified atom stereocenters. The Balaban J connectivity index is 2.21. The maximum atomic E-state index is 11.9. The number of carbonyl (C=O) groups is 2. The Morgan fingerprint density at radius 3 is 2.79 bits per heavy atom. The Morgan fingerprint density at radius 2 is 2.21 bits per heavy atom. The highest BCUT2D eigenvalue weighted by atomic mass is 32.1. The molecule has 2 rings (SSSR count). The summed E-state index contributed by atoms with van der Waals surface area (Å²) in [6, 6.07) is 3.86. The van der Waals surface area contributed by atoms with Crippen LogP contribution in [0.25, 0.3) is 9.88 Å².